The molecule has 0 aliphatic rings. The van der Waals surface area contributed by atoms with Crippen LogP contribution in [0.5, 0.6) is 0 Å². The Balaban J connectivity index is 2.18. The molecule has 7 heteroatoms. The quantitative estimate of drug-likeness (QED) is 0.748. The van der Waals surface area contributed by atoms with Crippen molar-refractivity contribution in [2.24, 2.45) is 0 Å². The molecule has 0 spiro atoms. The van der Waals surface area contributed by atoms with Crippen LogP contribution in [0.3, 0.4) is 0 Å². The van der Waals surface area contributed by atoms with Crippen molar-refractivity contribution < 1.29 is 14.7 Å². The van der Waals surface area contributed by atoms with Gasteiger partial charge in [0.05, 0.1) is 16.9 Å². The summed E-state index contributed by atoms with van der Waals surface area (Å²) < 4.78 is 0.713. The van der Waals surface area contributed by atoms with Crippen molar-refractivity contribution in [3.05, 3.63) is 57.5 Å². The Morgan fingerprint density at radius 3 is 2.38 bits per heavy atom. The van der Waals surface area contributed by atoms with Gasteiger partial charge in [0.25, 0.3) is 0 Å². The molecule has 0 fully saturated rings. The number of hydrogen-bond donors (Lipinski definition) is 3. The van der Waals surface area contributed by atoms with E-state index in [1.165, 1.54) is 18.2 Å². The highest BCUT2D eigenvalue weighted by atomic mass is 79.9. The first-order valence-corrected chi connectivity index (χ1v) is 7.00. The smallest absolute Gasteiger partial charge is 0.337 e. The van der Waals surface area contributed by atoms with Gasteiger partial charge in [0.1, 0.15) is 0 Å². The molecule has 0 bridgehead atoms. The maximum atomic E-state index is 11.9. The summed E-state index contributed by atoms with van der Waals surface area (Å²) in [6.45, 7) is 0. The Labute approximate surface area is 134 Å². The van der Waals surface area contributed by atoms with Crippen LogP contribution >= 0.6 is 27.5 Å². The maximum Gasteiger partial charge on any atom is 0.337 e. The minimum Gasteiger partial charge on any atom is -0.478 e. The van der Waals surface area contributed by atoms with Crippen molar-refractivity contribution in [2.45, 2.75) is 0 Å². The average molecular weight is 370 g/mol. The monoisotopic (exact) mass is 368 g/mol. The summed E-state index contributed by atoms with van der Waals surface area (Å²) in [5.41, 5.74) is 0.648. The number of urea groups is 1. The number of para-hydroxylation sites is 1. The van der Waals surface area contributed by atoms with Gasteiger partial charge in [-0.1, -0.05) is 23.7 Å². The summed E-state index contributed by atoms with van der Waals surface area (Å²) in [6.07, 6.45) is 0. The zero-order valence-electron chi connectivity index (χ0n) is 10.6. The zero-order chi connectivity index (χ0) is 15.4. The molecule has 2 aromatic carbocycles. The van der Waals surface area contributed by atoms with Crippen LogP contribution in [-0.2, 0) is 0 Å². The number of anilines is 2. The van der Waals surface area contributed by atoms with Crippen molar-refractivity contribution >= 4 is 50.9 Å². The van der Waals surface area contributed by atoms with Crippen LogP contribution in [0.1, 0.15) is 10.4 Å². The van der Waals surface area contributed by atoms with Gasteiger partial charge in [-0.05, 0) is 46.3 Å². The topological polar surface area (TPSA) is 78.4 Å². The summed E-state index contributed by atoms with van der Waals surface area (Å²) in [5.74, 6) is -1.15. The Bertz CT molecular complexity index is 706. The standard InChI is InChI=1S/C14H10BrClN2O3/c15-10-3-1-2-4-11(10)17-14(21)18-12-7-8(16)5-6-9(12)13(19)20/h1-7H,(H,19,20)(H2,17,18,21). The minimum absolute atomic E-state index is 0.0401. The lowest BCUT2D eigenvalue weighted by atomic mass is 10.2. The van der Waals surface area contributed by atoms with Crippen molar-refractivity contribution in [3.63, 3.8) is 0 Å². The Morgan fingerprint density at radius 1 is 1.05 bits per heavy atom. The fraction of sp³-hybridized carbons (Fsp3) is 0. The first kappa shape index (κ1) is 15.3. The predicted molar refractivity (Wildman–Crippen MR) is 85.2 cm³/mol. The van der Waals surface area contributed by atoms with Crippen LogP contribution in [0.25, 0.3) is 0 Å². The predicted octanol–water partition coefficient (Wildman–Crippen LogP) is 4.44. The first-order chi connectivity index (χ1) is 9.97. The molecule has 0 saturated carbocycles. The van der Waals surface area contributed by atoms with Crippen molar-refractivity contribution in [2.75, 3.05) is 10.6 Å². The van der Waals surface area contributed by atoms with E-state index in [0.29, 0.717) is 15.2 Å². The lowest BCUT2D eigenvalue weighted by Crippen LogP contribution is -2.21. The number of rotatable bonds is 3. The van der Waals surface area contributed by atoms with Gasteiger partial charge in [0.15, 0.2) is 0 Å². The van der Waals surface area contributed by atoms with Gasteiger partial charge in [0, 0.05) is 9.50 Å². The molecule has 2 aromatic rings. The Morgan fingerprint density at radius 2 is 1.71 bits per heavy atom. The summed E-state index contributed by atoms with van der Waals surface area (Å²) in [7, 11) is 0. The van der Waals surface area contributed by atoms with Gasteiger partial charge in [0.2, 0.25) is 0 Å². The van der Waals surface area contributed by atoms with Crippen molar-refractivity contribution in [3.8, 4) is 0 Å². The molecule has 21 heavy (non-hydrogen) atoms. The van der Waals surface area contributed by atoms with Gasteiger partial charge < -0.3 is 15.7 Å². The molecule has 0 saturated heterocycles. The van der Waals surface area contributed by atoms with E-state index in [-0.39, 0.29) is 11.3 Å². The minimum atomic E-state index is -1.15. The zero-order valence-corrected chi connectivity index (χ0v) is 12.9. The number of carbonyl (C=O) groups is 2. The highest BCUT2D eigenvalue weighted by Crippen LogP contribution is 2.23. The number of hydrogen-bond acceptors (Lipinski definition) is 2. The SMILES string of the molecule is O=C(Nc1ccccc1Br)Nc1cc(Cl)ccc1C(=O)O. The van der Waals surface area contributed by atoms with E-state index in [1.54, 1.807) is 18.2 Å². The molecule has 0 radical (unpaired) electrons. The van der Waals surface area contributed by atoms with E-state index >= 15 is 0 Å². The molecular formula is C14H10BrClN2O3. The van der Waals surface area contributed by atoms with Crippen molar-refractivity contribution in [1.29, 1.82) is 0 Å². The van der Waals surface area contributed by atoms with Crippen LogP contribution in [0.4, 0.5) is 16.2 Å². The lowest BCUT2D eigenvalue weighted by Gasteiger charge is -2.11. The summed E-state index contributed by atoms with van der Waals surface area (Å²) in [4.78, 5) is 23.0. The molecule has 0 unspecified atom stereocenters. The molecule has 108 valence electrons. The molecule has 0 aromatic heterocycles. The summed E-state index contributed by atoms with van der Waals surface area (Å²) >= 11 is 9.12. The van der Waals surface area contributed by atoms with E-state index in [9.17, 15) is 9.59 Å². The maximum absolute atomic E-state index is 11.9. The average Bonchev–Trinajstić information content (AvgIpc) is 2.41. The summed E-state index contributed by atoms with van der Waals surface area (Å²) in [5, 5.41) is 14.5. The second-order valence-electron chi connectivity index (χ2n) is 4.05. The van der Waals surface area contributed by atoms with E-state index in [0.717, 1.165) is 0 Å². The second-order valence-corrected chi connectivity index (χ2v) is 5.34. The Kier molecular flexibility index (Phi) is 4.82. The molecule has 0 aliphatic carbocycles. The van der Waals surface area contributed by atoms with E-state index in [2.05, 4.69) is 26.6 Å². The number of carboxylic acid groups (broad SMARTS) is 1. The number of carbonyl (C=O) groups excluding carboxylic acids is 1. The van der Waals surface area contributed by atoms with Crippen LogP contribution in [0.2, 0.25) is 5.02 Å². The third-order valence-electron chi connectivity index (χ3n) is 2.58. The lowest BCUT2D eigenvalue weighted by molar-refractivity contribution is 0.0698. The van der Waals surface area contributed by atoms with Gasteiger partial charge in [-0.25, -0.2) is 9.59 Å². The van der Waals surface area contributed by atoms with E-state index < -0.39 is 12.0 Å². The molecule has 0 heterocycles. The van der Waals surface area contributed by atoms with Gasteiger partial charge in [-0.15, -0.1) is 0 Å². The third kappa shape index (κ3) is 3.96. The molecule has 5 nitrogen and oxygen atoms in total. The largest absolute Gasteiger partial charge is 0.478 e. The van der Waals surface area contributed by atoms with Crippen LogP contribution in [-0.4, -0.2) is 17.1 Å². The molecule has 2 rings (SSSR count). The molecule has 0 aliphatic heterocycles. The number of nitrogens with one attached hydrogen (secondary N) is 2. The van der Waals surface area contributed by atoms with Gasteiger partial charge in [-0.2, -0.15) is 0 Å². The third-order valence-corrected chi connectivity index (χ3v) is 3.51. The number of aromatic carboxylic acids is 1. The van der Waals surface area contributed by atoms with E-state index in [4.69, 9.17) is 16.7 Å². The number of benzene rings is 2. The number of carboxylic acids is 1. The molecule has 3 N–H and O–H groups in total. The van der Waals surface area contributed by atoms with Crippen LogP contribution in [0.15, 0.2) is 46.9 Å². The van der Waals surface area contributed by atoms with Crippen molar-refractivity contribution in [1.82, 2.24) is 0 Å². The molecule has 0 atom stereocenters. The normalized spacial score (nSPS) is 10.0. The second kappa shape index (κ2) is 6.60. The Hall–Kier alpha value is -2.05. The highest BCUT2D eigenvalue weighted by molar-refractivity contribution is 9.10. The van der Waals surface area contributed by atoms with E-state index in [1.807, 2.05) is 6.07 Å². The fourth-order valence-electron chi connectivity index (χ4n) is 1.64. The number of halogens is 2. The van der Waals surface area contributed by atoms with Crippen LogP contribution < -0.4 is 10.6 Å². The first-order valence-electron chi connectivity index (χ1n) is 5.83. The highest BCUT2D eigenvalue weighted by Gasteiger charge is 2.13. The van der Waals surface area contributed by atoms with Gasteiger partial charge >= 0.3 is 12.0 Å². The van der Waals surface area contributed by atoms with Gasteiger partial charge in [-0.3, -0.25) is 0 Å². The molecular weight excluding hydrogens is 360 g/mol. The van der Waals surface area contributed by atoms with Crippen LogP contribution in [0, 0.1) is 0 Å². The summed E-state index contributed by atoms with van der Waals surface area (Å²) in [6, 6.07) is 10.7. The number of amides is 2. The molecule has 2 amide bonds. The fourth-order valence-corrected chi connectivity index (χ4v) is 2.20.